The molecule has 5 heteroatoms. The van der Waals surface area contributed by atoms with Gasteiger partial charge in [0.2, 0.25) is 0 Å². The number of nitrogens with two attached hydrogens (primary N) is 1. The molecule has 4 rings (SSSR count). The minimum Gasteiger partial charge on any atom is -0.295 e. The molecule has 0 amide bonds. The lowest BCUT2D eigenvalue weighted by Crippen LogP contribution is -2.50. The van der Waals surface area contributed by atoms with Crippen molar-refractivity contribution in [2.75, 3.05) is 0 Å². The summed E-state index contributed by atoms with van der Waals surface area (Å²) in [5.41, 5.74) is 9.32. The first kappa shape index (κ1) is 22.6. The zero-order valence-electron chi connectivity index (χ0n) is 18.7. The van der Waals surface area contributed by atoms with E-state index in [1.165, 1.54) is 0 Å². The second-order valence-corrected chi connectivity index (χ2v) is 8.71. The topological polar surface area (TPSA) is 69.2 Å². The lowest BCUT2D eigenvalue weighted by atomic mass is 9.67. The molecule has 3 aromatic rings. The molecule has 0 saturated heterocycles. The van der Waals surface area contributed by atoms with E-state index < -0.39 is 16.6 Å². The van der Waals surface area contributed by atoms with Crippen LogP contribution in [0.2, 0.25) is 0 Å². The van der Waals surface area contributed by atoms with Crippen molar-refractivity contribution in [1.82, 2.24) is 0 Å². The van der Waals surface area contributed by atoms with E-state index in [2.05, 4.69) is 0 Å². The van der Waals surface area contributed by atoms with Gasteiger partial charge < -0.3 is 0 Å². The van der Waals surface area contributed by atoms with Gasteiger partial charge in [0.1, 0.15) is 0 Å². The van der Waals surface area contributed by atoms with Gasteiger partial charge in [0, 0.05) is 5.92 Å². The Hall–Kier alpha value is -3.57. The molecule has 168 valence electrons. The molecule has 0 heterocycles. The highest BCUT2D eigenvalue weighted by Gasteiger charge is 2.52. The fourth-order valence-corrected chi connectivity index (χ4v) is 4.87. The molecule has 2 unspecified atom stereocenters. The summed E-state index contributed by atoms with van der Waals surface area (Å²) in [7, 11) is 0. The van der Waals surface area contributed by atoms with E-state index in [4.69, 9.17) is 5.73 Å². The zero-order chi connectivity index (χ0) is 23.6. The number of nitro groups is 1. The molecule has 0 radical (unpaired) electrons. The summed E-state index contributed by atoms with van der Waals surface area (Å²) in [4.78, 5) is 12.1. The van der Waals surface area contributed by atoms with Crippen LogP contribution in [-0.4, -0.2) is 10.7 Å². The highest BCUT2D eigenvalue weighted by Crippen LogP contribution is 2.52. The molecule has 2 atom stereocenters. The Bertz CT molecular complexity index is 1200. The summed E-state index contributed by atoms with van der Waals surface area (Å²) in [5.74, 6) is -3.36. The van der Waals surface area contributed by atoms with Crippen LogP contribution < -0.4 is 5.73 Å². The van der Waals surface area contributed by atoms with Crippen LogP contribution in [0.4, 0.5) is 4.39 Å². The number of hydrogen-bond acceptors (Lipinski definition) is 3. The molecule has 0 bridgehead atoms. The summed E-state index contributed by atoms with van der Waals surface area (Å²) in [6, 6.07) is 27.4. The molecule has 3 aromatic carbocycles. The van der Waals surface area contributed by atoms with Crippen LogP contribution in [0.1, 0.15) is 30.5 Å². The third kappa shape index (κ3) is 4.24. The van der Waals surface area contributed by atoms with Crippen LogP contribution in [0.5, 0.6) is 0 Å². The van der Waals surface area contributed by atoms with Crippen LogP contribution in [0.25, 0.3) is 11.1 Å². The van der Waals surface area contributed by atoms with Crippen LogP contribution in [-0.2, 0) is 6.42 Å². The van der Waals surface area contributed by atoms with Gasteiger partial charge >= 0.3 is 0 Å². The van der Waals surface area contributed by atoms with Crippen molar-refractivity contribution in [2.24, 2.45) is 17.6 Å². The number of benzene rings is 3. The highest BCUT2D eigenvalue weighted by atomic mass is 19.1. The third-order valence-corrected chi connectivity index (χ3v) is 6.24. The molecule has 2 N–H and O–H groups in total. The summed E-state index contributed by atoms with van der Waals surface area (Å²) >= 11 is 0. The van der Waals surface area contributed by atoms with Gasteiger partial charge in [-0.25, -0.2) is 4.39 Å². The third-order valence-electron chi connectivity index (χ3n) is 6.24. The molecule has 4 nitrogen and oxygen atoms in total. The quantitative estimate of drug-likeness (QED) is 0.277. The summed E-state index contributed by atoms with van der Waals surface area (Å²) in [5, 5.41) is 12.5. The Kier molecular flexibility index (Phi) is 6.25. The number of allylic oxidation sites excluding steroid dienone is 1. The largest absolute Gasteiger partial charge is 0.295 e. The summed E-state index contributed by atoms with van der Waals surface area (Å²) < 4.78 is 16.9. The summed E-state index contributed by atoms with van der Waals surface area (Å²) in [6.45, 7) is 3.88. The molecule has 1 aliphatic carbocycles. The second kappa shape index (κ2) is 9.12. The van der Waals surface area contributed by atoms with Gasteiger partial charge in [-0.3, -0.25) is 15.8 Å². The Morgan fingerprint density at radius 3 is 1.88 bits per heavy atom. The highest BCUT2D eigenvalue weighted by molar-refractivity contribution is 5.94. The Morgan fingerprint density at radius 2 is 1.39 bits per heavy atom. The van der Waals surface area contributed by atoms with Crippen molar-refractivity contribution in [3.63, 3.8) is 0 Å². The lowest BCUT2D eigenvalue weighted by Gasteiger charge is -2.40. The van der Waals surface area contributed by atoms with Gasteiger partial charge in [-0.05, 0) is 34.6 Å². The Balaban J connectivity index is 2.09. The normalized spacial score (nSPS) is 20.9. The van der Waals surface area contributed by atoms with Gasteiger partial charge in [0.15, 0.2) is 5.79 Å². The first-order valence-corrected chi connectivity index (χ1v) is 11.1. The van der Waals surface area contributed by atoms with Crippen molar-refractivity contribution in [2.45, 2.75) is 26.1 Å². The molecule has 0 spiro atoms. The van der Waals surface area contributed by atoms with Gasteiger partial charge in [-0.1, -0.05) is 105 Å². The fourth-order valence-electron chi connectivity index (χ4n) is 4.87. The number of alkyl halides is 1. The van der Waals surface area contributed by atoms with Crippen molar-refractivity contribution < 1.29 is 9.31 Å². The zero-order valence-corrected chi connectivity index (χ0v) is 18.7. The van der Waals surface area contributed by atoms with Crippen LogP contribution >= 0.6 is 0 Å². The van der Waals surface area contributed by atoms with Gasteiger partial charge in [-0.2, -0.15) is 0 Å². The van der Waals surface area contributed by atoms with Crippen molar-refractivity contribution in [3.8, 4) is 0 Å². The van der Waals surface area contributed by atoms with Gasteiger partial charge in [-0.15, -0.1) is 0 Å². The predicted molar refractivity (Wildman–Crippen MR) is 130 cm³/mol. The average Bonchev–Trinajstić information content (AvgIpc) is 2.81. The van der Waals surface area contributed by atoms with Crippen LogP contribution in [0, 0.1) is 22.0 Å². The number of rotatable bonds is 6. The van der Waals surface area contributed by atoms with E-state index in [-0.39, 0.29) is 17.2 Å². The minimum absolute atomic E-state index is 0.0720. The van der Waals surface area contributed by atoms with E-state index in [0.717, 1.165) is 5.56 Å². The maximum absolute atomic E-state index is 16.9. The first-order chi connectivity index (χ1) is 15.8. The molecule has 0 aromatic heterocycles. The van der Waals surface area contributed by atoms with Crippen LogP contribution in [0.3, 0.4) is 0 Å². The number of hydrogen-bond donors (Lipinski definition) is 1. The molecular formula is C28H27FN2O2. The molecule has 1 aliphatic rings. The standard InChI is InChI=1S/C28H27FN2O2/c1-19(2)24-23(18-20-12-6-3-7-13-20)28(29,30)26(22-16-10-5-11-17-22)27(31(32)33)25(24)21-14-8-4-9-15-21/h3-17,19,23H,18,30H2,1-2H3. The van der Waals surface area contributed by atoms with E-state index in [9.17, 15) is 10.1 Å². The first-order valence-electron chi connectivity index (χ1n) is 11.1. The van der Waals surface area contributed by atoms with Crippen LogP contribution in [0.15, 0.2) is 102 Å². The molecule has 33 heavy (non-hydrogen) atoms. The Labute approximate surface area is 193 Å². The lowest BCUT2D eigenvalue weighted by molar-refractivity contribution is -0.416. The number of halogens is 1. The van der Waals surface area contributed by atoms with Crippen molar-refractivity contribution in [1.29, 1.82) is 0 Å². The molecular weight excluding hydrogens is 415 g/mol. The molecule has 0 aliphatic heterocycles. The maximum Gasteiger partial charge on any atom is 0.285 e. The van der Waals surface area contributed by atoms with E-state index in [1.807, 2.05) is 74.5 Å². The van der Waals surface area contributed by atoms with Crippen molar-refractivity contribution >= 4 is 11.1 Å². The predicted octanol–water partition coefficient (Wildman–Crippen LogP) is 6.28. The van der Waals surface area contributed by atoms with E-state index >= 15 is 4.39 Å². The van der Waals surface area contributed by atoms with E-state index in [0.29, 0.717) is 28.7 Å². The maximum atomic E-state index is 16.9. The fraction of sp³-hybridized carbons (Fsp3) is 0.214. The molecule has 0 fully saturated rings. The van der Waals surface area contributed by atoms with Crippen molar-refractivity contribution in [3.05, 3.63) is 129 Å². The Morgan fingerprint density at radius 1 is 0.909 bits per heavy atom. The summed E-state index contributed by atoms with van der Waals surface area (Å²) in [6.07, 6.45) is 0.332. The van der Waals surface area contributed by atoms with E-state index in [1.54, 1.807) is 30.3 Å². The smallest absolute Gasteiger partial charge is 0.285 e. The number of nitrogens with zero attached hydrogens (tertiary/aromatic N) is 1. The molecule has 0 saturated carbocycles. The average molecular weight is 443 g/mol. The minimum atomic E-state index is -2.43. The SMILES string of the molecule is CC(C)C1=C(c2ccccc2)C([N+](=O)[O-])=C(c2ccccc2)C(N)(F)C1Cc1ccccc1. The van der Waals surface area contributed by atoms with Gasteiger partial charge in [0.05, 0.1) is 16.1 Å². The second-order valence-electron chi connectivity index (χ2n) is 8.71. The monoisotopic (exact) mass is 442 g/mol. The van der Waals surface area contributed by atoms with Gasteiger partial charge in [0.25, 0.3) is 5.70 Å².